The molecule has 1 atom stereocenters. The lowest BCUT2D eigenvalue weighted by Gasteiger charge is -2.21. The number of ether oxygens (including phenoxy) is 2. The van der Waals surface area contributed by atoms with Crippen LogP contribution in [0.2, 0.25) is 0 Å². The summed E-state index contributed by atoms with van der Waals surface area (Å²) in [6.45, 7) is 0. The maximum atomic E-state index is 13.1. The predicted molar refractivity (Wildman–Crippen MR) is 112 cm³/mol. The second-order valence-electron chi connectivity index (χ2n) is 6.52. The fourth-order valence-corrected chi connectivity index (χ4v) is 3.59. The molecule has 1 amide bonds. The Hall–Kier alpha value is -3.06. The number of nitrogens with zero attached hydrogens (tertiary/aromatic N) is 2. The van der Waals surface area contributed by atoms with Crippen LogP contribution in [-0.4, -0.2) is 30.8 Å². The molecular formula is C22H19BrN2O4. The van der Waals surface area contributed by atoms with Crippen molar-refractivity contribution in [3.63, 3.8) is 0 Å². The van der Waals surface area contributed by atoms with Crippen molar-refractivity contribution >= 4 is 27.5 Å². The van der Waals surface area contributed by atoms with Gasteiger partial charge in [0.2, 0.25) is 0 Å². The van der Waals surface area contributed by atoms with Crippen molar-refractivity contribution in [3.05, 3.63) is 82.2 Å². The van der Waals surface area contributed by atoms with E-state index in [0.29, 0.717) is 11.1 Å². The lowest BCUT2D eigenvalue weighted by atomic mass is 9.98. The Morgan fingerprint density at radius 2 is 1.62 bits per heavy atom. The van der Waals surface area contributed by atoms with Crippen LogP contribution in [0.4, 0.5) is 0 Å². The third-order valence-electron chi connectivity index (χ3n) is 4.83. The molecule has 2 heterocycles. The molecule has 0 spiro atoms. The van der Waals surface area contributed by atoms with Gasteiger partial charge in [0.15, 0.2) is 10.4 Å². The van der Waals surface area contributed by atoms with Gasteiger partial charge >= 0.3 is 5.91 Å². The molecule has 1 aliphatic rings. The van der Waals surface area contributed by atoms with Gasteiger partial charge in [-0.15, -0.1) is 0 Å². The summed E-state index contributed by atoms with van der Waals surface area (Å²) in [5, 5.41) is 6.15. The average molecular weight is 455 g/mol. The Bertz CT molecular complexity index is 1040. The zero-order valence-electron chi connectivity index (χ0n) is 16.0. The van der Waals surface area contributed by atoms with Crippen molar-refractivity contribution in [1.29, 1.82) is 0 Å². The van der Waals surface area contributed by atoms with Crippen LogP contribution in [0.1, 0.15) is 34.1 Å². The normalized spacial score (nSPS) is 15.9. The Labute approximate surface area is 176 Å². The molecule has 1 aromatic heterocycles. The van der Waals surface area contributed by atoms with Crippen LogP contribution in [0.25, 0.3) is 0 Å². The van der Waals surface area contributed by atoms with E-state index in [0.717, 1.165) is 28.3 Å². The van der Waals surface area contributed by atoms with Crippen molar-refractivity contribution in [2.75, 3.05) is 14.2 Å². The van der Waals surface area contributed by atoms with Gasteiger partial charge < -0.3 is 13.9 Å². The first-order valence-corrected chi connectivity index (χ1v) is 9.83. The van der Waals surface area contributed by atoms with E-state index in [4.69, 9.17) is 13.9 Å². The summed E-state index contributed by atoms with van der Waals surface area (Å²) in [6, 6.07) is 18.4. The molecule has 1 unspecified atom stereocenters. The molecule has 0 fully saturated rings. The number of hydrogen-bond donors (Lipinski definition) is 0. The van der Waals surface area contributed by atoms with E-state index in [1.807, 2.05) is 48.5 Å². The lowest BCUT2D eigenvalue weighted by Crippen LogP contribution is -2.26. The highest BCUT2D eigenvalue weighted by Gasteiger charge is 2.35. The Kier molecular flexibility index (Phi) is 5.40. The van der Waals surface area contributed by atoms with Gasteiger partial charge in [0.05, 0.1) is 26.0 Å². The summed E-state index contributed by atoms with van der Waals surface area (Å²) in [7, 11) is 3.25. The molecule has 3 aromatic rings. The third-order valence-corrected chi connectivity index (χ3v) is 5.25. The van der Waals surface area contributed by atoms with E-state index >= 15 is 0 Å². The van der Waals surface area contributed by atoms with E-state index in [1.165, 1.54) is 5.01 Å². The number of benzene rings is 2. The summed E-state index contributed by atoms with van der Waals surface area (Å²) in [5.74, 6) is 1.47. The molecule has 0 aliphatic carbocycles. The number of furan rings is 1. The number of rotatable bonds is 5. The number of carbonyl (C=O) groups is 1. The van der Waals surface area contributed by atoms with Gasteiger partial charge in [0.1, 0.15) is 11.5 Å². The first-order valence-electron chi connectivity index (χ1n) is 9.04. The van der Waals surface area contributed by atoms with Crippen LogP contribution in [-0.2, 0) is 0 Å². The average Bonchev–Trinajstić information content (AvgIpc) is 3.40. The highest BCUT2D eigenvalue weighted by atomic mass is 79.9. The molecular weight excluding hydrogens is 436 g/mol. The monoisotopic (exact) mass is 454 g/mol. The number of hydrazone groups is 1. The Morgan fingerprint density at radius 1 is 1.00 bits per heavy atom. The zero-order valence-corrected chi connectivity index (χ0v) is 17.5. The number of amides is 1. The van der Waals surface area contributed by atoms with Gasteiger partial charge in [-0.1, -0.05) is 12.1 Å². The van der Waals surface area contributed by atoms with Crippen molar-refractivity contribution in [2.24, 2.45) is 5.10 Å². The van der Waals surface area contributed by atoms with Gasteiger partial charge in [-0.25, -0.2) is 5.01 Å². The van der Waals surface area contributed by atoms with Crippen LogP contribution in [0.15, 0.2) is 74.9 Å². The molecule has 6 nitrogen and oxygen atoms in total. The van der Waals surface area contributed by atoms with E-state index in [1.54, 1.807) is 26.4 Å². The van der Waals surface area contributed by atoms with Crippen LogP contribution in [0.5, 0.6) is 11.5 Å². The largest absolute Gasteiger partial charge is 0.497 e. The quantitative estimate of drug-likeness (QED) is 0.540. The summed E-state index contributed by atoms with van der Waals surface area (Å²) in [5.41, 5.74) is 2.74. The van der Waals surface area contributed by atoms with Gasteiger partial charge in [0.25, 0.3) is 0 Å². The fraction of sp³-hybridized carbons (Fsp3) is 0.182. The highest BCUT2D eigenvalue weighted by Crippen LogP contribution is 2.35. The maximum Gasteiger partial charge on any atom is 0.310 e. The standard InChI is InChI=1S/C22H19BrN2O4/c1-27-16-7-3-14(4-8-16)18-13-19(15-5-9-17(28-2)10-6-15)25(24-18)22(26)20-11-12-21(23)29-20/h3-12,19H,13H2,1-2H3. The van der Waals surface area contributed by atoms with Crippen LogP contribution in [0.3, 0.4) is 0 Å². The number of hydrogen-bond acceptors (Lipinski definition) is 5. The van der Waals surface area contributed by atoms with Crippen LogP contribution >= 0.6 is 15.9 Å². The highest BCUT2D eigenvalue weighted by molar-refractivity contribution is 9.10. The molecule has 148 valence electrons. The minimum Gasteiger partial charge on any atom is -0.497 e. The second kappa shape index (κ2) is 8.13. The van der Waals surface area contributed by atoms with Crippen molar-refractivity contribution < 1.29 is 18.7 Å². The van der Waals surface area contributed by atoms with Crippen molar-refractivity contribution in [2.45, 2.75) is 12.5 Å². The first kappa shape index (κ1) is 19.3. The van der Waals surface area contributed by atoms with Gasteiger partial charge in [-0.3, -0.25) is 4.79 Å². The summed E-state index contributed by atoms with van der Waals surface area (Å²) in [4.78, 5) is 13.1. The number of methoxy groups -OCH3 is 2. The van der Waals surface area contributed by atoms with Gasteiger partial charge in [-0.05, 0) is 75.6 Å². The van der Waals surface area contributed by atoms with Gasteiger partial charge in [0, 0.05) is 6.42 Å². The van der Waals surface area contributed by atoms with E-state index < -0.39 is 0 Å². The Balaban J connectivity index is 1.69. The molecule has 0 saturated heterocycles. The SMILES string of the molecule is COc1ccc(C2=NN(C(=O)c3ccc(Br)o3)C(c3ccc(OC)cc3)C2)cc1. The minimum absolute atomic E-state index is 0.232. The summed E-state index contributed by atoms with van der Waals surface area (Å²) >= 11 is 3.25. The third kappa shape index (κ3) is 3.91. The molecule has 7 heteroatoms. The zero-order chi connectivity index (χ0) is 20.4. The molecule has 2 aromatic carbocycles. The van der Waals surface area contributed by atoms with Crippen molar-refractivity contribution in [1.82, 2.24) is 5.01 Å². The topological polar surface area (TPSA) is 64.3 Å². The molecule has 0 radical (unpaired) electrons. The molecule has 29 heavy (non-hydrogen) atoms. The number of halogens is 1. The van der Waals surface area contributed by atoms with Crippen molar-refractivity contribution in [3.8, 4) is 11.5 Å². The maximum absolute atomic E-state index is 13.1. The van der Waals surface area contributed by atoms with E-state index in [-0.39, 0.29) is 17.7 Å². The van der Waals surface area contributed by atoms with Crippen LogP contribution in [0, 0.1) is 0 Å². The molecule has 0 N–H and O–H groups in total. The second-order valence-corrected chi connectivity index (χ2v) is 7.30. The van der Waals surface area contributed by atoms with Crippen LogP contribution < -0.4 is 9.47 Å². The first-order chi connectivity index (χ1) is 14.1. The fourth-order valence-electron chi connectivity index (χ4n) is 3.28. The number of carbonyl (C=O) groups excluding carboxylic acids is 1. The predicted octanol–water partition coefficient (Wildman–Crippen LogP) is 5.05. The molecule has 0 saturated carbocycles. The van der Waals surface area contributed by atoms with E-state index in [2.05, 4.69) is 21.0 Å². The lowest BCUT2D eigenvalue weighted by molar-refractivity contribution is 0.0677. The smallest absolute Gasteiger partial charge is 0.310 e. The molecule has 0 bridgehead atoms. The van der Waals surface area contributed by atoms with Gasteiger partial charge in [-0.2, -0.15) is 5.10 Å². The molecule has 4 rings (SSSR count). The summed E-state index contributed by atoms with van der Waals surface area (Å²) < 4.78 is 16.4. The van der Waals surface area contributed by atoms with E-state index in [9.17, 15) is 4.79 Å². The Morgan fingerprint density at radius 3 is 2.17 bits per heavy atom. The molecule has 1 aliphatic heterocycles. The minimum atomic E-state index is -0.292. The summed E-state index contributed by atoms with van der Waals surface area (Å²) in [6.07, 6.45) is 0.590.